The van der Waals surface area contributed by atoms with E-state index < -0.39 is 6.04 Å². The van der Waals surface area contributed by atoms with Crippen molar-refractivity contribution in [1.82, 2.24) is 10.2 Å². The average molecular weight is 392 g/mol. The molecule has 0 aromatic heterocycles. The number of carbonyl (C=O) groups excluding carboxylic acids is 2. The van der Waals surface area contributed by atoms with E-state index in [4.69, 9.17) is 0 Å². The van der Waals surface area contributed by atoms with Crippen molar-refractivity contribution >= 4 is 29.9 Å². The summed E-state index contributed by atoms with van der Waals surface area (Å²) in [5.74, 6) is -0.639. The van der Waals surface area contributed by atoms with E-state index in [9.17, 15) is 14.0 Å². The van der Waals surface area contributed by atoms with Gasteiger partial charge < -0.3 is 15.1 Å². The molecule has 0 saturated carbocycles. The Bertz CT molecular complexity index is 788. The highest BCUT2D eigenvalue weighted by molar-refractivity contribution is 5.97. The van der Waals surface area contributed by atoms with E-state index in [1.807, 2.05) is 30.3 Å². The zero-order chi connectivity index (χ0) is 18.5. The monoisotopic (exact) mass is 391 g/mol. The lowest BCUT2D eigenvalue weighted by atomic mass is 10.1. The topological polar surface area (TPSA) is 52.7 Å². The Labute approximate surface area is 164 Å². The Morgan fingerprint density at radius 3 is 2.56 bits per heavy atom. The Morgan fingerprint density at radius 2 is 1.85 bits per heavy atom. The minimum atomic E-state index is -0.589. The van der Waals surface area contributed by atoms with Gasteiger partial charge in [-0.25, -0.2) is 4.39 Å². The Hall–Kier alpha value is -2.44. The van der Waals surface area contributed by atoms with Crippen LogP contribution in [0.4, 0.5) is 10.1 Å². The summed E-state index contributed by atoms with van der Waals surface area (Å²) in [5.41, 5.74) is 1.26. The highest BCUT2D eigenvalue weighted by Crippen LogP contribution is 2.16. The number of rotatable bonds is 5. The van der Waals surface area contributed by atoms with Crippen LogP contribution in [0.1, 0.15) is 12.0 Å². The molecular formula is C20H23ClFN3O2. The van der Waals surface area contributed by atoms with Crippen LogP contribution < -0.4 is 10.2 Å². The molecular weight excluding hydrogens is 369 g/mol. The van der Waals surface area contributed by atoms with Crippen LogP contribution in [0, 0.1) is 5.82 Å². The van der Waals surface area contributed by atoms with E-state index in [1.54, 1.807) is 35.0 Å². The second-order valence-corrected chi connectivity index (χ2v) is 6.35. The Balaban J connectivity index is 0.00000261. The standard InChI is InChI=1S/C20H22FN3O2.ClH/c1-23(16-8-3-2-4-9-16)19(25)13-18-20(26)24(12-11-22-18)14-15-7-5-6-10-17(15)21;/h2-10,18,22H,11-14H2,1H3;1H. The second kappa shape index (κ2) is 9.48. The number of amides is 2. The van der Waals surface area contributed by atoms with Crippen LogP contribution in [0.2, 0.25) is 0 Å². The number of anilines is 1. The van der Waals surface area contributed by atoms with Crippen LogP contribution >= 0.6 is 12.4 Å². The summed E-state index contributed by atoms with van der Waals surface area (Å²) in [4.78, 5) is 28.4. The van der Waals surface area contributed by atoms with E-state index in [1.165, 1.54) is 6.07 Å². The highest BCUT2D eigenvalue weighted by atomic mass is 35.5. The molecule has 1 heterocycles. The van der Waals surface area contributed by atoms with Gasteiger partial charge in [0.25, 0.3) is 0 Å². The van der Waals surface area contributed by atoms with Gasteiger partial charge in [0.15, 0.2) is 0 Å². The first-order valence-corrected chi connectivity index (χ1v) is 8.63. The predicted octanol–water partition coefficient (Wildman–Crippen LogP) is 2.60. The van der Waals surface area contributed by atoms with E-state index in [0.717, 1.165) is 5.69 Å². The van der Waals surface area contributed by atoms with Gasteiger partial charge in [-0.3, -0.25) is 9.59 Å². The largest absolute Gasteiger partial charge is 0.336 e. The van der Waals surface area contributed by atoms with Crippen LogP contribution in [-0.2, 0) is 16.1 Å². The maximum Gasteiger partial charge on any atom is 0.240 e. The molecule has 1 saturated heterocycles. The third-order valence-corrected chi connectivity index (χ3v) is 4.60. The lowest BCUT2D eigenvalue weighted by molar-refractivity contribution is -0.138. The fourth-order valence-corrected chi connectivity index (χ4v) is 3.05. The first-order valence-electron chi connectivity index (χ1n) is 8.63. The summed E-state index contributed by atoms with van der Waals surface area (Å²) in [7, 11) is 1.70. The number of hydrogen-bond acceptors (Lipinski definition) is 3. The van der Waals surface area contributed by atoms with E-state index in [-0.39, 0.29) is 43.0 Å². The van der Waals surface area contributed by atoms with E-state index in [2.05, 4.69) is 5.32 Å². The molecule has 1 aliphatic rings. The fraction of sp³-hybridized carbons (Fsp3) is 0.300. The molecule has 1 unspecified atom stereocenters. The van der Waals surface area contributed by atoms with Crippen LogP contribution in [0.5, 0.6) is 0 Å². The molecule has 7 heteroatoms. The number of halogens is 2. The molecule has 5 nitrogen and oxygen atoms in total. The molecule has 1 atom stereocenters. The molecule has 0 radical (unpaired) electrons. The van der Waals surface area contributed by atoms with Crippen LogP contribution in [-0.4, -0.2) is 42.9 Å². The summed E-state index contributed by atoms with van der Waals surface area (Å²) in [6.07, 6.45) is 0.0675. The molecule has 1 fully saturated rings. The average Bonchev–Trinajstić information content (AvgIpc) is 2.66. The van der Waals surface area contributed by atoms with Crippen LogP contribution in [0.25, 0.3) is 0 Å². The normalized spacial score (nSPS) is 16.6. The number of para-hydroxylation sites is 1. The van der Waals surface area contributed by atoms with E-state index >= 15 is 0 Å². The summed E-state index contributed by atoms with van der Waals surface area (Å²) >= 11 is 0. The highest BCUT2D eigenvalue weighted by Gasteiger charge is 2.31. The van der Waals surface area contributed by atoms with Gasteiger partial charge in [0, 0.05) is 37.9 Å². The number of nitrogens with zero attached hydrogens (tertiary/aromatic N) is 2. The molecule has 0 spiro atoms. The van der Waals surface area contributed by atoms with Crippen LogP contribution in [0.3, 0.4) is 0 Å². The van der Waals surface area contributed by atoms with Gasteiger partial charge in [0.2, 0.25) is 11.8 Å². The maximum atomic E-state index is 13.9. The van der Waals surface area contributed by atoms with Crippen molar-refractivity contribution in [3.8, 4) is 0 Å². The van der Waals surface area contributed by atoms with E-state index in [0.29, 0.717) is 18.7 Å². The molecule has 27 heavy (non-hydrogen) atoms. The van der Waals surface area contributed by atoms with Crippen molar-refractivity contribution in [2.45, 2.75) is 19.0 Å². The number of hydrogen-bond donors (Lipinski definition) is 1. The van der Waals surface area contributed by atoms with Crippen LogP contribution in [0.15, 0.2) is 54.6 Å². The lowest BCUT2D eigenvalue weighted by Crippen LogP contribution is -2.56. The number of piperazine rings is 1. The van der Waals surface area contributed by atoms with Crippen molar-refractivity contribution in [2.75, 3.05) is 25.0 Å². The van der Waals surface area contributed by atoms with Crippen molar-refractivity contribution in [3.05, 3.63) is 66.0 Å². The zero-order valence-electron chi connectivity index (χ0n) is 15.1. The minimum Gasteiger partial charge on any atom is -0.336 e. The molecule has 2 aromatic rings. The van der Waals surface area contributed by atoms with Gasteiger partial charge in [0.1, 0.15) is 5.82 Å². The smallest absolute Gasteiger partial charge is 0.240 e. The quantitative estimate of drug-likeness (QED) is 0.852. The van der Waals surface area contributed by atoms with Crippen molar-refractivity contribution < 1.29 is 14.0 Å². The molecule has 1 N–H and O–H groups in total. The number of benzene rings is 2. The minimum absolute atomic E-state index is 0. The summed E-state index contributed by atoms with van der Waals surface area (Å²) < 4.78 is 13.9. The van der Waals surface area contributed by atoms with Crippen molar-refractivity contribution in [1.29, 1.82) is 0 Å². The predicted molar refractivity (Wildman–Crippen MR) is 105 cm³/mol. The molecule has 0 bridgehead atoms. The first-order chi connectivity index (χ1) is 12.6. The van der Waals surface area contributed by atoms with Gasteiger partial charge in [-0.1, -0.05) is 36.4 Å². The molecule has 1 aliphatic heterocycles. The number of nitrogens with one attached hydrogen (secondary N) is 1. The fourth-order valence-electron chi connectivity index (χ4n) is 3.05. The van der Waals surface area contributed by atoms with Crippen molar-refractivity contribution in [2.24, 2.45) is 0 Å². The molecule has 0 aliphatic carbocycles. The number of carbonyl (C=O) groups is 2. The Kier molecular flexibility index (Phi) is 7.33. The zero-order valence-corrected chi connectivity index (χ0v) is 15.9. The lowest BCUT2D eigenvalue weighted by Gasteiger charge is -2.33. The first kappa shape index (κ1) is 20.9. The molecule has 2 aromatic carbocycles. The maximum absolute atomic E-state index is 13.9. The third kappa shape index (κ3) is 5.05. The summed E-state index contributed by atoms with van der Waals surface area (Å²) in [5, 5.41) is 3.10. The third-order valence-electron chi connectivity index (χ3n) is 4.60. The summed E-state index contributed by atoms with van der Waals surface area (Å²) in [6, 6.07) is 15.1. The molecule has 144 valence electrons. The second-order valence-electron chi connectivity index (χ2n) is 6.35. The van der Waals surface area contributed by atoms with Gasteiger partial charge in [-0.05, 0) is 18.2 Å². The Morgan fingerprint density at radius 1 is 1.19 bits per heavy atom. The van der Waals surface area contributed by atoms with Gasteiger partial charge in [-0.2, -0.15) is 0 Å². The SMILES string of the molecule is CN(C(=O)CC1NCCN(Cc2ccccc2F)C1=O)c1ccccc1.Cl. The molecule has 3 rings (SSSR count). The van der Waals surface area contributed by atoms with Gasteiger partial charge >= 0.3 is 0 Å². The van der Waals surface area contributed by atoms with Gasteiger partial charge in [0.05, 0.1) is 12.5 Å². The van der Waals surface area contributed by atoms with Crippen molar-refractivity contribution in [3.63, 3.8) is 0 Å². The van der Waals surface area contributed by atoms with Gasteiger partial charge in [-0.15, -0.1) is 12.4 Å². The summed E-state index contributed by atoms with van der Waals surface area (Å²) in [6.45, 7) is 1.28. The molecule has 2 amide bonds.